The minimum atomic E-state index is -1.28. The molecule has 1 aromatic heterocycles. The Kier molecular flexibility index (Phi) is 5.28. The van der Waals surface area contributed by atoms with Gasteiger partial charge in [0.05, 0.1) is 30.6 Å². The molecule has 2 aromatic carbocycles. The number of anilines is 1. The number of aryl methyl sites for hydroxylation is 1. The predicted octanol–water partition coefficient (Wildman–Crippen LogP) is 2.08. The van der Waals surface area contributed by atoms with E-state index in [0.29, 0.717) is 23.5 Å². The lowest BCUT2D eigenvalue weighted by molar-refractivity contribution is -0.255. The molecule has 7 heteroatoms. The van der Waals surface area contributed by atoms with Crippen LogP contribution < -0.4 is 10.4 Å². The summed E-state index contributed by atoms with van der Waals surface area (Å²) in [5.41, 5.74) is 2.14. The maximum atomic E-state index is 12.8. The smallest absolute Gasteiger partial charge is 0.259 e. The summed E-state index contributed by atoms with van der Waals surface area (Å²) in [6, 6.07) is 17.0. The standard InChI is InChI=1S/C20H16N4O3/c21-11-4-12-24-13-17(18(23-24)14-5-2-1-3-6-14)19(25)22-16-9-7-15(8-10-16)20(26)27/h1-3,5-10,13H,4,12H2,(H,22,25)(H,26,27)/p-1. The molecule has 1 amide bonds. The molecule has 1 heterocycles. The summed E-state index contributed by atoms with van der Waals surface area (Å²) in [6.45, 7) is 0.379. The van der Waals surface area contributed by atoms with Crippen molar-refractivity contribution in [3.05, 3.63) is 71.9 Å². The van der Waals surface area contributed by atoms with Gasteiger partial charge in [-0.1, -0.05) is 42.5 Å². The summed E-state index contributed by atoms with van der Waals surface area (Å²) in [5, 5.41) is 26.8. The van der Waals surface area contributed by atoms with E-state index >= 15 is 0 Å². The van der Waals surface area contributed by atoms with Gasteiger partial charge in [0, 0.05) is 17.4 Å². The first-order valence-corrected chi connectivity index (χ1v) is 8.21. The minimum Gasteiger partial charge on any atom is -0.545 e. The van der Waals surface area contributed by atoms with Crippen molar-refractivity contribution >= 4 is 17.6 Å². The average Bonchev–Trinajstić information content (AvgIpc) is 3.12. The van der Waals surface area contributed by atoms with Gasteiger partial charge in [-0.3, -0.25) is 9.48 Å². The Hall–Kier alpha value is -3.92. The third-order valence-corrected chi connectivity index (χ3v) is 3.88. The Labute approximate surface area is 155 Å². The molecule has 0 bridgehead atoms. The number of carbonyl (C=O) groups is 2. The molecule has 134 valence electrons. The second-order valence-corrected chi connectivity index (χ2v) is 5.75. The number of carboxylic acids is 1. The number of hydrogen-bond donors (Lipinski definition) is 1. The molecule has 3 aromatic rings. The monoisotopic (exact) mass is 359 g/mol. The number of aromatic carboxylic acids is 1. The first-order valence-electron chi connectivity index (χ1n) is 8.21. The zero-order chi connectivity index (χ0) is 19.2. The van der Waals surface area contributed by atoms with Crippen LogP contribution in [0.15, 0.2) is 60.8 Å². The van der Waals surface area contributed by atoms with Gasteiger partial charge in [-0.15, -0.1) is 0 Å². The Balaban J connectivity index is 1.89. The van der Waals surface area contributed by atoms with E-state index in [1.54, 1.807) is 10.9 Å². The van der Waals surface area contributed by atoms with Crippen LogP contribution in [0.4, 0.5) is 5.69 Å². The van der Waals surface area contributed by atoms with Gasteiger partial charge < -0.3 is 15.2 Å². The molecule has 0 saturated carbocycles. The molecule has 0 aliphatic heterocycles. The Morgan fingerprint density at radius 3 is 2.44 bits per heavy atom. The lowest BCUT2D eigenvalue weighted by Crippen LogP contribution is -2.22. The molecule has 0 unspecified atom stereocenters. The van der Waals surface area contributed by atoms with E-state index in [2.05, 4.69) is 16.5 Å². The summed E-state index contributed by atoms with van der Waals surface area (Å²) in [6.07, 6.45) is 1.88. The normalized spacial score (nSPS) is 10.2. The van der Waals surface area contributed by atoms with E-state index in [9.17, 15) is 14.7 Å². The number of nitrogens with one attached hydrogen (secondary N) is 1. The molecular formula is C20H15N4O3-. The van der Waals surface area contributed by atoms with Crippen molar-refractivity contribution < 1.29 is 14.7 Å². The number of hydrogen-bond acceptors (Lipinski definition) is 5. The SMILES string of the molecule is N#CCCn1cc(C(=O)Nc2ccc(C(=O)[O-])cc2)c(-c2ccccc2)n1. The Bertz CT molecular complexity index is 1000. The minimum absolute atomic E-state index is 0.0299. The third kappa shape index (κ3) is 4.19. The Morgan fingerprint density at radius 2 is 1.81 bits per heavy atom. The van der Waals surface area contributed by atoms with Gasteiger partial charge in [0.1, 0.15) is 5.69 Å². The molecule has 1 N–H and O–H groups in total. The number of aromatic nitrogens is 2. The van der Waals surface area contributed by atoms with E-state index in [-0.39, 0.29) is 17.9 Å². The predicted molar refractivity (Wildman–Crippen MR) is 96.6 cm³/mol. The number of carbonyl (C=O) groups excluding carboxylic acids is 2. The summed E-state index contributed by atoms with van der Waals surface area (Å²) < 4.78 is 1.57. The van der Waals surface area contributed by atoms with E-state index < -0.39 is 5.97 Å². The maximum Gasteiger partial charge on any atom is 0.259 e. The van der Waals surface area contributed by atoms with Crippen LogP contribution in [-0.2, 0) is 6.54 Å². The number of rotatable bonds is 6. The average molecular weight is 359 g/mol. The number of nitriles is 1. The molecular weight excluding hydrogens is 344 g/mol. The van der Waals surface area contributed by atoms with Gasteiger partial charge in [-0.25, -0.2) is 0 Å². The molecule has 0 saturated heterocycles. The Morgan fingerprint density at radius 1 is 1.11 bits per heavy atom. The van der Waals surface area contributed by atoms with Gasteiger partial charge in [-0.05, 0) is 17.7 Å². The van der Waals surface area contributed by atoms with Gasteiger partial charge in [0.2, 0.25) is 0 Å². The molecule has 0 fully saturated rings. The van der Waals surface area contributed by atoms with Crippen molar-refractivity contribution in [1.82, 2.24) is 9.78 Å². The summed E-state index contributed by atoms with van der Waals surface area (Å²) in [4.78, 5) is 23.6. The summed E-state index contributed by atoms with van der Waals surface area (Å²) in [7, 11) is 0. The van der Waals surface area contributed by atoms with Crippen LogP contribution in [-0.4, -0.2) is 21.7 Å². The molecule has 0 atom stereocenters. The molecule has 0 radical (unpaired) electrons. The fourth-order valence-electron chi connectivity index (χ4n) is 2.56. The fourth-order valence-corrected chi connectivity index (χ4v) is 2.56. The van der Waals surface area contributed by atoms with Gasteiger partial charge >= 0.3 is 0 Å². The van der Waals surface area contributed by atoms with Crippen molar-refractivity contribution in [2.45, 2.75) is 13.0 Å². The van der Waals surface area contributed by atoms with Crippen LogP contribution >= 0.6 is 0 Å². The highest BCUT2D eigenvalue weighted by molar-refractivity contribution is 6.08. The molecule has 0 spiro atoms. The van der Waals surface area contributed by atoms with Crippen LogP contribution in [0.1, 0.15) is 27.1 Å². The highest BCUT2D eigenvalue weighted by atomic mass is 16.4. The van der Waals surface area contributed by atoms with Crippen LogP contribution in [0.5, 0.6) is 0 Å². The fraction of sp³-hybridized carbons (Fsp3) is 0.100. The maximum absolute atomic E-state index is 12.8. The van der Waals surface area contributed by atoms with Gasteiger partial charge in [-0.2, -0.15) is 10.4 Å². The highest BCUT2D eigenvalue weighted by Gasteiger charge is 2.18. The van der Waals surface area contributed by atoms with Crippen molar-refractivity contribution in [1.29, 1.82) is 5.26 Å². The number of nitrogens with zero attached hydrogens (tertiary/aromatic N) is 3. The molecule has 3 rings (SSSR count). The topological polar surface area (TPSA) is 111 Å². The summed E-state index contributed by atoms with van der Waals surface area (Å²) in [5.74, 6) is -1.66. The van der Waals surface area contributed by atoms with Crippen molar-refractivity contribution in [3.63, 3.8) is 0 Å². The number of amides is 1. The molecule has 0 aliphatic carbocycles. The van der Waals surface area contributed by atoms with Crippen LogP contribution in [0.2, 0.25) is 0 Å². The van der Waals surface area contributed by atoms with Crippen LogP contribution in [0.3, 0.4) is 0 Å². The number of carboxylic acid groups (broad SMARTS) is 1. The number of benzene rings is 2. The van der Waals surface area contributed by atoms with E-state index in [0.717, 1.165) is 5.56 Å². The van der Waals surface area contributed by atoms with Crippen molar-refractivity contribution in [2.75, 3.05) is 5.32 Å². The molecule has 7 nitrogen and oxygen atoms in total. The summed E-state index contributed by atoms with van der Waals surface area (Å²) >= 11 is 0. The largest absolute Gasteiger partial charge is 0.545 e. The lowest BCUT2D eigenvalue weighted by Gasteiger charge is -2.07. The molecule has 0 aliphatic rings. The first kappa shape index (κ1) is 17.9. The third-order valence-electron chi connectivity index (χ3n) is 3.88. The van der Waals surface area contributed by atoms with Gasteiger partial charge in [0.15, 0.2) is 0 Å². The van der Waals surface area contributed by atoms with E-state index in [1.165, 1.54) is 24.3 Å². The zero-order valence-electron chi connectivity index (χ0n) is 14.3. The van der Waals surface area contributed by atoms with Crippen LogP contribution in [0, 0.1) is 11.3 Å². The van der Waals surface area contributed by atoms with E-state index in [1.807, 2.05) is 30.3 Å². The first-order chi connectivity index (χ1) is 13.1. The van der Waals surface area contributed by atoms with Crippen LogP contribution in [0.25, 0.3) is 11.3 Å². The second-order valence-electron chi connectivity index (χ2n) is 5.75. The van der Waals surface area contributed by atoms with Gasteiger partial charge in [0.25, 0.3) is 5.91 Å². The van der Waals surface area contributed by atoms with E-state index in [4.69, 9.17) is 5.26 Å². The zero-order valence-corrected chi connectivity index (χ0v) is 14.3. The second kappa shape index (κ2) is 7.97. The lowest BCUT2D eigenvalue weighted by atomic mass is 10.1. The highest BCUT2D eigenvalue weighted by Crippen LogP contribution is 2.23. The molecule has 27 heavy (non-hydrogen) atoms. The quantitative estimate of drug-likeness (QED) is 0.724. The van der Waals surface area contributed by atoms with Crippen molar-refractivity contribution in [2.24, 2.45) is 0 Å². The van der Waals surface area contributed by atoms with Crippen molar-refractivity contribution in [3.8, 4) is 17.3 Å².